The summed E-state index contributed by atoms with van der Waals surface area (Å²) in [5.74, 6) is -0.311. The van der Waals surface area contributed by atoms with E-state index in [1.807, 2.05) is 0 Å². The van der Waals surface area contributed by atoms with Gasteiger partial charge >= 0.3 is 0 Å². The number of anilines is 1. The van der Waals surface area contributed by atoms with Gasteiger partial charge in [0.25, 0.3) is 5.91 Å². The van der Waals surface area contributed by atoms with Gasteiger partial charge in [-0.05, 0) is 38.5 Å². The predicted molar refractivity (Wildman–Crippen MR) is 78.5 cm³/mol. The quantitative estimate of drug-likeness (QED) is 0.864. The molecule has 0 saturated heterocycles. The van der Waals surface area contributed by atoms with Crippen LogP contribution in [0.1, 0.15) is 27.3 Å². The Labute approximate surface area is 126 Å². The molecule has 7 heteroatoms. The van der Waals surface area contributed by atoms with Crippen LogP contribution in [0.15, 0.2) is 12.1 Å². The molecule has 104 valence electrons. The van der Waals surface area contributed by atoms with Gasteiger partial charge < -0.3 is 5.32 Å². The second-order valence-corrected chi connectivity index (χ2v) is 5.11. The Morgan fingerprint density at radius 2 is 1.85 bits per heavy atom. The van der Waals surface area contributed by atoms with Gasteiger partial charge in [0, 0.05) is 0 Å². The molecule has 0 aliphatic heterocycles. The fourth-order valence-corrected chi connectivity index (χ4v) is 2.29. The number of nitrogens with one attached hydrogen (secondary N) is 1. The summed E-state index contributed by atoms with van der Waals surface area (Å²) < 4.78 is 0. The highest BCUT2D eigenvalue weighted by Gasteiger charge is 2.15. The number of aromatic nitrogens is 3. The SMILES string of the molecule is Cc1cc(C(=O)Nc2c(C)cc(Cl)nc2Cl)c(C)nn1. The van der Waals surface area contributed by atoms with Crippen molar-refractivity contribution in [2.24, 2.45) is 0 Å². The maximum absolute atomic E-state index is 12.3. The van der Waals surface area contributed by atoms with Gasteiger partial charge in [-0.3, -0.25) is 4.79 Å². The van der Waals surface area contributed by atoms with Gasteiger partial charge in [0.05, 0.1) is 22.6 Å². The number of nitrogens with zero attached hydrogens (tertiary/aromatic N) is 3. The van der Waals surface area contributed by atoms with Crippen molar-refractivity contribution < 1.29 is 4.79 Å². The number of carbonyl (C=O) groups excluding carboxylic acids is 1. The summed E-state index contributed by atoms with van der Waals surface area (Å²) in [4.78, 5) is 16.2. The minimum Gasteiger partial charge on any atom is -0.319 e. The Morgan fingerprint density at radius 1 is 1.15 bits per heavy atom. The van der Waals surface area contributed by atoms with Crippen molar-refractivity contribution in [2.75, 3.05) is 5.32 Å². The molecular weight excluding hydrogens is 299 g/mol. The molecule has 0 radical (unpaired) electrons. The summed E-state index contributed by atoms with van der Waals surface area (Å²) in [5.41, 5.74) is 2.83. The Hall–Kier alpha value is -1.72. The molecule has 0 fully saturated rings. The van der Waals surface area contributed by atoms with Crippen LogP contribution in [-0.4, -0.2) is 21.1 Å². The van der Waals surface area contributed by atoms with Crippen LogP contribution in [-0.2, 0) is 0 Å². The molecule has 0 aromatic carbocycles. The zero-order chi connectivity index (χ0) is 14.9. The van der Waals surface area contributed by atoms with E-state index in [0.717, 1.165) is 5.56 Å². The highest BCUT2D eigenvalue weighted by atomic mass is 35.5. The summed E-state index contributed by atoms with van der Waals surface area (Å²) in [6.07, 6.45) is 0. The smallest absolute Gasteiger partial charge is 0.257 e. The third-order valence-electron chi connectivity index (χ3n) is 2.73. The molecule has 2 aromatic rings. The molecule has 20 heavy (non-hydrogen) atoms. The maximum Gasteiger partial charge on any atom is 0.257 e. The molecule has 1 N–H and O–H groups in total. The van der Waals surface area contributed by atoms with Crippen LogP contribution in [0.2, 0.25) is 10.3 Å². The molecule has 0 atom stereocenters. The molecule has 0 aliphatic rings. The third kappa shape index (κ3) is 3.05. The molecule has 0 aliphatic carbocycles. The Bertz CT molecular complexity index is 665. The number of halogens is 2. The van der Waals surface area contributed by atoms with Crippen molar-refractivity contribution in [3.8, 4) is 0 Å². The van der Waals surface area contributed by atoms with Crippen molar-refractivity contribution in [1.82, 2.24) is 15.2 Å². The first kappa shape index (κ1) is 14.7. The first-order chi connectivity index (χ1) is 9.38. The Kier molecular flexibility index (Phi) is 4.20. The van der Waals surface area contributed by atoms with E-state index in [4.69, 9.17) is 23.2 Å². The summed E-state index contributed by atoms with van der Waals surface area (Å²) in [5, 5.41) is 11.0. The van der Waals surface area contributed by atoms with E-state index in [1.165, 1.54) is 0 Å². The number of hydrogen-bond donors (Lipinski definition) is 1. The van der Waals surface area contributed by atoms with Crippen molar-refractivity contribution >= 4 is 34.8 Å². The first-order valence-corrected chi connectivity index (χ1v) is 6.59. The molecule has 0 unspecified atom stereocenters. The second-order valence-electron chi connectivity index (χ2n) is 4.37. The van der Waals surface area contributed by atoms with Crippen molar-refractivity contribution in [2.45, 2.75) is 20.8 Å². The van der Waals surface area contributed by atoms with E-state index in [-0.39, 0.29) is 16.2 Å². The van der Waals surface area contributed by atoms with Crippen LogP contribution in [0.3, 0.4) is 0 Å². The maximum atomic E-state index is 12.3. The normalized spacial score (nSPS) is 10.4. The number of amides is 1. The Balaban J connectivity index is 2.35. The molecule has 5 nitrogen and oxygen atoms in total. The molecule has 0 spiro atoms. The molecule has 2 rings (SSSR count). The highest BCUT2D eigenvalue weighted by molar-refractivity contribution is 6.35. The zero-order valence-electron chi connectivity index (χ0n) is 11.2. The zero-order valence-corrected chi connectivity index (χ0v) is 12.7. The average molecular weight is 311 g/mol. The summed E-state index contributed by atoms with van der Waals surface area (Å²) in [7, 11) is 0. The number of rotatable bonds is 2. The summed E-state index contributed by atoms with van der Waals surface area (Å²) in [6, 6.07) is 3.30. The molecule has 0 bridgehead atoms. The van der Waals surface area contributed by atoms with Crippen LogP contribution in [0.5, 0.6) is 0 Å². The van der Waals surface area contributed by atoms with Crippen LogP contribution >= 0.6 is 23.2 Å². The number of hydrogen-bond acceptors (Lipinski definition) is 4. The summed E-state index contributed by atoms with van der Waals surface area (Å²) >= 11 is 11.8. The Morgan fingerprint density at radius 3 is 2.50 bits per heavy atom. The lowest BCUT2D eigenvalue weighted by Crippen LogP contribution is -2.16. The molecule has 2 aromatic heterocycles. The van der Waals surface area contributed by atoms with Crippen molar-refractivity contribution in [3.05, 3.63) is 45.0 Å². The van der Waals surface area contributed by atoms with E-state index in [1.54, 1.807) is 32.9 Å². The number of carbonyl (C=O) groups is 1. The van der Waals surface area contributed by atoms with Gasteiger partial charge in [0.1, 0.15) is 5.15 Å². The van der Waals surface area contributed by atoms with Crippen LogP contribution < -0.4 is 5.32 Å². The van der Waals surface area contributed by atoms with E-state index < -0.39 is 0 Å². The van der Waals surface area contributed by atoms with Gasteiger partial charge in [-0.25, -0.2) is 4.98 Å². The minimum atomic E-state index is -0.311. The van der Waals surface area contributed by atoms with E-state index in [9.17, 15) is 4.79 Å². The van der Waals surface area contributed by atoms with Crippen molar-refractivity contribution in [1.29, 1.82) is 0 Å². The average Bonchev–Trinajstić information content (AvgIpc) is 2.36. The van der Waals surface area contributed by atoms with Gasteiger partial charge in [0.15, 0.2) is 5.15 Å². The van der Waals surface area contributed by atoms with Crippen LogP contribution in [0, 0.1) is 20.8 Å². The summed E-state index contributed by atoms with van der Waals surface area (Å²) in [6.45, 7) is 5.28. The monoisotopic (exact) mass is 310 g/mol. The molecule has 1 amide bonds. The molecule has 0 saturated carbocycles. The van der Waals surface area contributed by atoms with Crippen LogP contribution in [0.4, 0.5) is 5.69 Å². The lowest BCUT2D eigenvalue weighted by atomic mass is 10.1. The largest absolute Gasteiger partial charge is 0.319 e. The van der Waals surface area contributed by atoms with Gasteiger partial charge in [0.2, 0.25) is 0 Å². The van der Waals surface area contributed by atoms with E-state index in [2.05, 4.69) is 20.5 Å². The lowest BCUT2D eigenvalue weighted by molar-refractivity contribution is 0.102. The third-order valence-corrected chi connectivity index (χ3v) is 3.19. The van der Waals surface area contributed by atoms with Crippen molar-refractivity contribution in [3.63, 3.8) is 0 Å². The molecule has 2 heterocycles. The highest BCUT2D eigenvalue weighted by Crippen LogP contribution is 2.27. The standard InChI is InChI=1S/C13H12Cl2N4O/c1-6-4-10(14)16-12(15)11(6)17-13(20)9-5-7(2)18-19-8(9)3/h4-5H,1-3H3,(H,17,20). The molecular formula is C13H12Cl2N4O. The van der Waals surface area contributed by atoms with Gasteiger partial charge in [-0.2, -0.15) is 10.2 Å². The van der Waals surface area contributed by atoms with E-state index in [0.29, 0.717) is 22.6 Å². The number of aryl methyl sites for hydroxylation is 3. The van der Waals surface area contributed by atoms with E-state index >= 15 is 0 Å². The van der Waals surface area contributed by atoms with Gasteiger partial charge in [-0.1, -0.05) is 23.2 Å². The first-order valence-electron chi connectivity index (χ1n) is 5.83. The lowest BCUT2D eigenvalue weighted by Gasteiger charge is -2.11. The topological polar surface area (TPSA) is 67.8 Å². The minimum absolute atomic E-state index is 0.153. The number of pyridine rings is 1. The van der Waals surface area contributed by atoms with Crippen LogP contribution in [0.25, 0.3) is 0 Å². The second kappa shape index (κ2) is 5.73. The predicted octanol–water partition coefficient (Wildman–Crippen LogP) is 3.36. The fourth-order valence-electron chi connectivity index (χ4n) is 1.71. The fraction of sp³-hybridized carbons (Fsp3) is 0.231. The van der Waals surface area contributed by atoms with Gasteiger partial charge in [-0.15, -0.1) is 0 Å².